The van der Waals surface area contributed by atoms with E-state index in [1.54, 1.807) is 18.2 Å². The van der Waals surface area contributed by atoms with Gasteiger partial charge in [0, 0.05) is 11.1 Å². The number of halogens is 2. The maximum absolute atomic E-state index is 13.8. The van der Waals surface area contributed by atoms with Gasteiger partial charge in [-0.1, -0.05) is 24.3 Å². The Morgan fingerprint density at radius 3 is 2.57 bits per heavy atom. The summed E-state index contributed by atoms with van der Waals surface area (Å²) in [5, 5.41) is 0. The van der Waals surface area contributed by atoms with Gasteiger partial charge in [0.1, 0.15) is 5.54 Å². The lowest BCUT2D eigenvalue weighted by Crippen LogP contribution is -2.41. The van der Waals surface area contributed by atoms with E-state index in [0.717, 1.165) is 0 Å². The highest BCUT2D eigenvalue weighted by atomic mass is 19.3. The summed E-state index contributed by atoms with van der Waals surface area (Å²) in [5.41, 5.74) is -1.00. The predicted molar refractivity (Wildman–Crippen MR) is 51.0 cm³/mol. The summed E-state index contributed by atoms with van der Waals surface area (Å²) in [6, 6.07) is 6.34. The van der Waals surface area contributed by atoms with E-state index >= 15 is 0 Å². The first kappa shape index (κ1) is 9.31. The maximum Gasteiger partial charge on any atom is 0.297 e. The Kier molecular flexibility index (Phi) is 1.74. The van der Waals surface area contributed by atoms with Crippen molar-refractivity contribution < 1.29 is 8.78 Å². The van der Waals surface area contributed by atoms with Gasteiger partial charge < -0.3 is 0 Å². The highest BCUT2D eigenvalue weighted by molar-refractivity contribution is 5.84. The van der Waals surface area contributed by atoms with Crippen LogP contribution < -0.4 is 0 Å². The fourth-order valence-corrected chi connectivity index (χ4v) is 1.45. The first-order valence-electron chi connectivity index (χ1n) is 4.40. The molecular weight excluding hydrogens is 184 g/mol. The molecule has 0 aliphatic carbocycles. The predicted octanol–water partition coefficient (Wildman–Crippen LogP) is 2.87. The summed E-state index contributed by atoms with van der Waals surface area (Å²) in [6.45, 7) is 2.83. The van der Waals surface area contributed by atoms with Crippen molar-refractivity contribution in [2.75, 3.05) is 0 Å². The number of rotatable bonds is 0. The molecule has 1 aromatic rings. The van der Waals surface area contributed by atoms with Crippen LogP contribution in [0.1, 0.15) is 25.0 Å². The van der Waals surface area contributed by atoms with Gasteiger partial charge in [0.25, 0.3) is 5.92 Å². The van der Waals surface area contributed by atoms with E-state index in [1.807, 2.05) is 0 Å². The summed E-state index contributed by atoms with van der Waals surface area (Å²) < 4.78 is 27.7. The second-order valence-electron chi connectivity index (χ2n) is 3.90. The number of benzene rings is 1. The molecule has 14 heavy (non-hydrogen) atoms. The van der Waals surface area contributed by atoms with Crippen molar-refractivity contribution in [1.29, 1.82) is 0 Å². The van der Waals surface area contributed by atoms with E-state index in [-0.39, 0.29) is 5.56 Å². The largest absolute Gasteiger partial charge is 0.297 e. The van der Waals surface area contributed by atoms with Gasteiger partial charge in [0.05, 0.1) is 6.21 Å². The zero-order valence-corrected chi connectivity index (χ0v) is 8.01. The average molecular weight is 194 g/mol. The van der Waals surface area contributed by atoms with E-state index in [0.29, 0.717) is 5.56 Å². The average Bonchev–Trinajstić information content (AvgIpc) is 2.13. The zero-order chi connectivity index (χ0) is 10.4. The number of alkyl halides is 2. The second kappa shape index (κ2) is 2.62. The third kappa shape index (κ3) is 1.08. The lowest BCUT2D eigenvalue weighted by Gasteiger charge is -2.34. The quantitative estimate of drug-likeness (QED) is 0.602. The van der Waals surface area contributed by atoms with Crippen LogP contribution >= 0.6 is 0 Å². The number of fused-ring (bicyclic) bond motifs is 1. The van der Waals surface area contributed by atoms with Crippen LogP contribution in [0.5, 0.6) is 0 Å². The molecule has 0 saturated carbocycles. The van der Waals surface area contributed by atoms with Crippen molar-refractivity contribution in [3.63, 3.8) is 0 Å². The molecule has 0 bridgehead atoms. The summed E-state index contributed by atoms with van der Waals surface area (Å²) in [7, 11) is 0. The van der Waals surface area contributed by atoms with Gasteiger partial charge in [-0.2, -0.15) is 8.78 Å². The van der Waals surface area contributed by atoms with Gasteiger partial charge in [-0.15, -0.1) is 0 Å². The van der Waals surface area contributed by atoms with Crippen molar-refractivity contribution in [2.45, 2.75) is 25.3 Å². The van der Waals surface area contributed by atoms with Gasteiger partial charge in [0.2, 0.25) is 0 Å². The highest BCUT2D eigenvalue weighted by Crippen LogP contribution is 2.44. The fraction of sp³-hybridized carbons (Fsp3) is 0.364. The van der Waals surface area contributed by atoms with Crippen molar-refractivity contribution >= 4 is 6.21 Å². The van der Waals surface area contributed by atoms with Gasteiger partial charge in [-0.3, -0.25) is 4.99 Å². The van der Waals surface area contributed by atoms with Crippen molar-refractivity contribution in [1.82, 2.24) is 0 Å². The number of nitrogens with zero attached hydrogens (tertiary/aromatic N) is 1. The first-order chi connectivity index (χ1) is 6.45. The van der Waals surface area contributed by atoms with Crippen LogP contribution in [0, 0.1) is 0 Å². The summed E-state index contributed by atoms with van der Waals surface area (Å²) in [4.78, 5) is 3.76. The van der Waals surface area contributed by atoms with E-state index in [9.17, 15) is 8.78 Å². The standard InChI is InChI=1S/C11H10F2N/c1-10(2)11(12,13)9-6-4-3-5-8(9)7-14-10/h3-6H,1-2H3. The van der Waals surface area contributed by atoms with E-state index < -0.39 is 11.5 Å². The van der Waals surface area contributed by atoms with Crippen molar-refractivity contribution in [3.05, 3.63) is 35.4 Å². The van der Waals surface area contributed by atoms with Crippen LogP contribution in [-0.4, -0.2) is 11.8 Å². The summed E-state index contributed by atoms with van der Waals surface area (Å²) in [5.74, 6) is -2.92. The molecule has 0 unspecified atom stereocenters. The molecule has 3 heteroatoms. The van der Waals surface area contributed by atoms with Gasteiger partial charge in [0.15, 0.2) is 0 Å². The van der Waals surface area contributed by atoms with Crippen LogP contribution in [0.15, 0.2) is 29.3 Å². The van der Waals surface area contributed by atoms with Crippen LogP contribution in [-0.2, 0) is 5.92 Å². The molecule has 2 rings (SSSR count). The van der Waals surface area contributed by atoms with E-state index in [2.05, 4.69) is 11.2 Å². The molecular formula is C11H10F2N. The molecule has 1 nitrogen and oxygen atoms in total. The lowest BCUT2D eigenvalue weighted by molar-refractivity contribution is -0.0678. The number of hydrogen-bond acceptors (Lipinski definition) is 1. The minimum Gasteiger partial charge on any atom is -0.270 e. The molecule has 1 aliphatic rings. The van der Waals surface area contributed by atoms with Crippen LogP contribution in [0.3, 0.4) is 0 Å². The van der Waals surface area contributed by atoms with Gasteiger partial charge in [-0.05, 0) is 13.8 Å². The second-order valence-corrected chi connectivity index (χ2v) is 3.90. The molecule has 0 spiro atoms. The van der Waals surface area contributed by atoms with Crippen LogP contribution in [0.2, 0.25) is 0 Å². The molecule has 1 aliphatic heterocycles. The zero-order valence-electron chi connectivity index (χ0n) is 8.01. The highest BCUT2D eigenvalue weighted by Gasteiger charge is 2.50. The Labute approximate surface area is 81.5 Å². The maximum atomic E-state index is 13.8. The van der Waals surface area contributed by atoms with Gasteiger partial charge >= 0.3 is 0 Å². The molecule has 1 heterocycles. The Morgan fingerprint density at radius 1 is 1.21 bits per heavy atom. The fourth-order valence-electron chi connectivity index (χ4n) is 1.45. The van der Waals surface area contributed by atoms with Crippen molar-refractivity contribution in [3.8, 4) is 0 Å². The Bertz CT molecular complexity index is 394. The van der Waals surface area contributed by atoms with E-state index in [1.165, 1.54) is 19.9 Å². The summed E-state index contributed by atoms with van der Waals surface area (Å²) in [6.07, 6.45) is 2.65. The monoisotopic (exact) mass is 194 g/mol. The molecule has 0 atom stereocenters. The third-order valence-corrected chi connectivity index (χ3v) is 2.49. The summed E-state index contributed by atoms with van der Waals surface area (Å²) >= 11 is 0. The van der Waals surface area contributed by atoms with Crippen LogP contribution in [0.4, 0.5) is 8.78 Å². The minimum absolute atomic E-state index is 0.0139. The molecule has 0 fully saturated rings. The Morgan fingerprint density at radius 2 is 1.86 bits per heavy atom. The molecule has 1 aromatic carbocycles. The smallest absolute Gasteiger partial charge is 0.270 e. The SMILES string of the molecule is CC1(C)N=[C]c2ccccc2C1(F)F. The van der Waals surface area contributed by atoms with Crippen molar-refractivity contribution in [2.24, 2.45) is 4.99 Å². The molecule has 73 valence electrons. The lowest BCUT2D eigenvalue weighted by atomic mass is 9.86. The van der Waals surface area contributed by atoms with E-state index in [4.69, 9.17) is 0 Å². The normalized spacial score (nSPS) is 21.7. The molecule has 0 amide bonds. The molecule has 1 radical (unpaired) electrons. The number of hydrogen-bond donors (Lipinski definition) is 0. The molecule has 0 aromatic heterocycles. The van der Waals surface area contributed by atoms with Crippen LogP contribution in [0.25, 0.3) is 0 Å². The number of aliphatic imine (C=N–C) groups is 1. The Hall–Kier alpha value is -1.25. The third-order valence-electron chi connectivity index (χ3n) is 2.49. The van der Waals surface area contributed by atoms with Gasteiger partial charge in [-0.25, -0.2) is 0 Å². The Balaban J connectivity index is 2.66. The molecule has 0 N–H and O–H groups in total. The first-order valence-corrected chi connectivity index (χ1v) is 4.40. The topological polar surface area (TPSA) is 12.4 Å². The minimum atomic E-state index is -2.92. The molecule has 0 saturated heterocycles.